The third kappa shape index (κ3) is 9.36. The van der Waals surface area contributed by atoms with E-state index in [0.717, 1.165) is 14.8 Å². The summed E-state index contributed by atoms with van der Waals surface area (Å²) in [5, 5.41) is 2.88. The minimum atomic E-state index is -4.27. The molecule has 47 heavy (non-hydrogen) atoms. The number of anilines is 1. The number of halogens is 1. The van der Waals surface area contributed by atoms with Gasteiger partial charge in [0.25, 0.3) is 10.0 Å². The Morgan fingerprint density at radius 3 is 2.17 bits per heavy atom. The fraction of sp³-hybridized carbons (Fsp3) is 0.278. The molecular weight excluding hydrogens is 638 g/mol. The molecule has 0 aromatic heterocycles. The summed E-state index contributed by atoms with van der Waals surface area (Å²) >= 11 is 1.48. The van der Waals surface area contributed by atoms with Crippen LogP contribution in [0.5, 0.6) is 5.75 Å². The SMILES string of the molecule is CCCNC(=O)[C@@H](Cc1ccccc1)N(Cc1ccccc1F)C(=O)CN(c1ccc(OCC)cc1)S(=O)(=O)c1ccc(SC)cc1. The zero-order valence-corrected chi connectivity index (χ0v) is 28.4. The minimum absolute atomic E-state index is 0.000775. The molecule has 0 radical (unpaired) electrons. The van der Waals surface area contributed by atoms with Gasteiger partial charge in [0.15, 0.2) is 0 Å². The second-order valence-corrected chi connectivity index (χ2v) is 13.5. The van der Waals surface area contributed by atoms with E-state index in [1.165, 1.54) is 34.9 Å². The molecule has 0 aliphatic carbocycles. The molecular formula is C36H40FN3O5S2. The molecule has 4 rings (SSSR count). The molecule has 4 aromatic rings. The van der Waals surface area contributed by atoms with E-state index in [4.69, 9.17) is 4.74 Å². The lowest BCUT2D eigenvalue weighted by molar-refractivity contribution is -0.140. The number of nitrogens with zero attached hydrogens (tertiary/aromatic N) is 2. The molecule has 248 valence electrons. The van der Waals surface area contributed by atoms with Crippen LogP contribution in [0.2, 0.25) is 0 Å². The van der Waals surface area contributed by atoms with E-state index in [1.807, 2.05) is 50.4 Å². The Hall–Kier alpha value is -4.35. The summed E-state index contributed by atoms with van der Waals surface area (Å²) in [6, 6.07) is 27.0. The molecule has 0 fully saturated rings. The monoisotopic (exact) mass is 677 g/mol. The van der Waals surface area contributed by atoms with Gasteiger partial charge in [-0.15, -0.1) is 11.8 Å². The number of ether oxygens (including phenoxy) is 1. The number of thioether (sulfide) groups is 1. The van der Waals surface area contributed by atoms with Crippen molar-refractivity contribution in [3.8, 4) is 5.75 Å². The third-order valence-corrected chi connectivity index (χ3v) is 10.0. The molecule has 1 N–H and O–H groups in total. The number of rotatable bonds is 16. The van der Waals surface area contributed by atoms with Gasteiger partial charge < -0.3 is 15.0 Å². The first-order chi connectivity index (χ1) is 22.7. The molecule has 0 heterocycles. The maximum Gasteiger partial charge on any atom is 0.264 e. The lowest BCUT2D eigenvalue weighted by atomic mass is 10.0. The average Bonchev–Trinajstić information content (AvgIpc) is 3.09. The van der Waals surface area contributed by atoms with Gasteiger partial charge in [-0.1, -0.05) is 55.5 Å². The van der Waals surface area contributed by atoms with Crippen molar-refractivity contribution in [2.24, 2.45) is 0 Å². The number of amides is 2. The molecule has 2 amide bonds. The third-order valence-electron chi connectivity index (χ3n) is 7.48. The van der Waals surface area contributed by atoms with Gasteiger partial charge in [0, 0.05) is 30.0 Å². The Balaban J connectivity index is 1.80. The van der Waals surface area contributed by atoms with Gasteiger partial charge in [0.1, 0.15) is 24.2 Å². The van der Waals surface area contributed by atoms with Crippen LogP contribution in [-0.2, 0) is 32.6 Å². The van der Waals surface area contributed by atoms with Crippen LogP contribution in [0.1, 0.15) is 31.4 Å². The topological polar surface area (TPSA) is 96.0 Å². The van der Waals surface area contributed by atoms with Crippen molar-refractivity contribution >= 4 is 39.3 Å². The van der Waals surface area contributed by atoms with Crippen molar-refractivity contribution < 1.29 is 27.1 Å². The second-order valence-electron chi connectivity index (χ2n) is 10.7. The van der Waals surface area contributed by atoms with E-state index in [9.17, 15) is 18.0 Å². The van der Waals surface area contributed by atoms with E-state index in [2.05, 4.69) is 5.32 Å². The van der Waals surface area contributed by atoms with Crippen LogP contribution in [0.4, 0.5) is 10.1 Å². The van der Waals surface area contributed by atoms with Gasteiger partial charge in [-0.2, -0.15) is 0 Å². The first-order valence-electron chi connectivity index (χ1n) is 15.4. The summed E-state index contributed by atoms with van der Waals surface area (Å²) in [4.78, 5) is 30.4. The molecule has 0 unspecified atom stereocenters. The van der Waals surface area contributed by atoms with Crippen LogP contribution in [0, 0.1) is 5.82 Å². The van der Waals surface area contributed by atoms with Crippen LogP contribution in [0.3, 0.4) is 0 Å². The van der Waals surface area contributed by atoms with Crippen molar-refractivity contribution in [3.05, 3.63) is 120 Å². The molecule has 0 bridgehead atoms. The number of hydrogen-bond donors (Lipinski definition) is 1. The molecule has 0 spiro atoms. The second kappa shape index (κ2) is 17.0. The summed E-state index contributed by atoms with van der Waals surface area (Å²) in [5.41, 5.74) is 1.22. The first-order valence-corrected chi connectivity index (χ1v) is 18.1. The fourth-order valence-corrected chi connectivity index (χ4v) is 6.83. The molecule has 4 aromatic carbocycles. The number of benzene rings is 4. The van der Waals surface area contributed by atoms with Crippen LogP contribution >= 0.6 is 11.8 Å². The van der Waals surface area contributed by atoms with Gasteiger partial charge in [0.2, 0.25) is 11.8 Å². The van der Waals surface area contributed by atoms with Crippen LogP contribution in [0.25, 0.3) is 0 Å². The molecule has 0 aliphatic heterocycles. The van der Waals surface area contributed by atoms with Gasteiger partial charge in [0.05, 0.1) is 17.2 Å². The quantitative estimate of drug-likeness (QED) is 0.140. The van der Waals surface area contributed by atoms with E-state index in [1.54, 1.807) is 54.6 Å². The van der Waals surface area contributed by atoms with Crippen LogP contribution < -0.4 is 14.4 Å². The average molecular weight is 678 g/mol. The Bertz CT molecular complexity index is 1720. The van der Waals surface area contributed by atoms with Gasteiger partial charge in [-0.3, -0.25) is 13.9 Å². The smallest absolute Gasteiger partial charge is 0.264 e. The summed E-state index contributed by atoms with van der Waals surface area (Å²) in [6.07, 6.45) is 2.70. The van der Waals surface area contributed by atoms with E-state index in [0.29, 0.717) is 25.3 Å². The number of hydrogen-bond acceptors (Lipinski definition) is 6. The fourth-order valence-electron chi connectivity index (χ4n) is 5.01. The Morgan fingerprint density at radius 1 is 0.894 bits per heavy atom. The van der Waals surface area contributed by atoms with Crippen LogP contribution in [-0.4, -0.2) is 57.1 Å². The van der Waals surface area contributed by atoms with Crippen molar-refractivity contribution in [1.82, 2.24) is 10.2 Å². The lowest BCUT2D eigenvalue weighted by Crippen LogP contribution is -2.53. The molecule has 0 saturated heterocycles. The largest absolute Gasteiger partial charge is 0.494 e. The predicted molar refractivity (Wildman–Crippen MR) is 185 cm³/mol. The maximum absolute atomic E-state index is 15.0. The Morgan fingerprint density at radius 2 is 1.55 bits per heavy atom. The van der Waals surface area contributed by atoms with E-state index >= 15 is 4.39 Å². The van der Waals surface area contributed by atoms with E-state index < -0.39 is 40.2 Å². The number of nitrogens with one attached hydrogen (secondary N) is 1. The van der Waals surface area contributed by atoms with Crippen molar-refractivity contribution in [3.63, 3.8) is 0 Å². The number of carbonyl (C=O) groups is 2. The van der Waals surface area contributed by atoms with Crippen molar-refractivity contribution in [2.75, 3.05) is 30.3 Å². The lowest BCUT2D eigenvalue weighted by Gasteiger charge is -2.34. The van der Waals surface area contributed by atoms with Gasteiger partial charge >= 0.3 is 0 Å². The zero-order chi connectivity index (χ0) is 33.8. The molecule has 1 atom stereocenters. The Labute approximate surface area is 281 Å². The van der Waals surface area contributed by atoms with Crippen molar-refractivity contribution in [2.45, 2.75) is 49.1 Å². The van der Waals surface area contributed by atoms with E-state index in [-0.39, 0.29) is 29.1 Å². The van der Waals surface area contributed by atoms with Crippen molar-refractivity contribution in [1.29, 1.82) is 0 Å². The minimum Gasteiger partial charge on any atom is -0.494 e. The first kappa shape index (κ1) is 35.5. The predicted octanol–water partition coefficient (Wildman–Crippen LogP) is 6.31. The molecule has 8 nitrogen and oxygen atoms in total. The summed E-state index contributed by atoms with van der Waals surface area (Å²) in [5.74, 6) is -1.08. The maximum atomic E-state index is 15.0. The summed E-state index contributed by atoms with van der Waals surface area (Å²) in [6.45, 7) is 3.68. The summed E-state index contributed by atoms with van der Waals surface area (Å²) < 4.78 is 50.1. The normalized spacial score (nSPS) is 11.8. The summed E-state index contributed by atoms with van der Waals surface area (Å²) in [7, 11) is -4.27. The number of carbonyl (C=O) groups excluding carboxylic acids is 2. The van der Waals surface area contributed by atoms with Gasteiger partial charge in [-0.25, -0.2) is 12.8 Å². The van der Waals surface area contributed by atoms with Crippen LogP contribution in [0.15, 0.2) is 113 Å². The highest BCUT2D eigenvalue weighted by molar-refractivity contribution is 7.98. The standard InChI is InChI=1S/C36H40FN3O5S2/c1-4-23-38-36(42)34(24-27-11-7-6-8-12-27)39(25-28-13-9-10-14-33(28)37)35(41)26-40(29-15-17-30(18-16-29)45-5-2)47(43,44)32-21-19-31(46-3)20-22-32/h6-22,34H,4-5,23-26H2,1-3H3,(H,38,42)/t34-/m1/s1. The molecule has 11 heteroatoms. The molecule has 0 aliphatic rings. The van der Waals surface area contributed by atoms with Gasteiger partial charge in [-0.05, 0) is 79.8 Å². The Kier molecular flexibility index (Phi) is 12.8. The highest BCUT2D eigenvalue weighted by atomic mass is 32.2. The number of sulfonamides is 1. The molecule has 0 saturated carbocycles. The highest BCUT2D eigenvalue weighted by Gasteiger charge is 2.35. The zero-order valence-electron chi connectivity index (χ0n) is 26.8. The highest BCUT2D eigenvalue weighted by Crippen LogP contribution is 2.28.